The van der Waals surface area contributed by atoms with Crippen LogP contribution in [0.2, 0.25) is 0 Å². The van der Waals surface area contributed by atoms with Crippen LogP contribution >= 0.6 is 0 Å². The van der Waals surface area contributed by atoms with E-state index in [9.17, 15) is 13.6 Å². The van der Waals surface area contributed by atoms with E-state index >= 15 is 0 Å². The Morgan fingerprint density at radius 2 is 2.00 bits per heavy atom. The number of ether oxygens (including phenoxy) is 1. The third-order valence-corrected chi connectivity index (χ3v) is 4.54. The first-order valence-electron chi connectivity index (χ1n) is 8.32. The lowest BCUT2D eigenvalue weighted by Crippen LogP contribution is -2.50. The molecule has 134 valence electrons. The van der Waals surface area contributed by atoms with E-state index in [4.69, 9.17) is 4.74 Å². The Morgan fingerprint density at radius 3 is 2.64 bits per heavy atom. The summed E-state index contributed by atoms with van der Waals surface area (Å²) in [5.41, 5.74) is -0.247. The van der Waals surface area contributed by atoms with Crippen LogP contribution in [0.15, 0.2) is 30.5 Å². The van der Waals surface area contributed by atoms with E-state index in [1.165, 1.54) is 12.1 Å². The summed E-state index contributed by atoms with van der Waals surface area (Å²) in [6.07, 6.45) is 2.39. The van der Waals surface area contributed by atoms with E-state index in [0.29, 0.717) is 31.7 Å². The molecule has 1 aromatic carbocycles. The molecular weight excluding hydrogens is 328 g/mol. The second-order valence-electron chi connectivity index (χ2n) is 6.53. The summed E-state index contributed by atoms with van der Waals surface area (Å²) in [6, 6.07) is 5.10. The lowest BCUT2D eigenvalue weighted by atomic mass is 9.82. The van der Waals surface area contributed by atoms with Gasteiger partial charge in [-0.15, -0.1) is 0 Å². The SMILES string of the molecule is CC(C)n1nccc1C(=O)NC1(c2ccc(F)cc2F)CCOCC1. The molecule has 0 bridgehead atoms. The molecule has 0 spiro atoms. The van der Waals surface area contributed by atoms with Crippen molar-refractivity contribution >= 4 is 5.91 Å². The minimum absolute atomic E-state index is 0.0175. The molecule has 0 saturated carbocycles. The standard InChI is InChI=1S/C18H21F2N3O2/c1-12(2)23-16(5-8-21-23)17(24)22-18(6-9-25-10-7-18)14-4-3-13(19)11-15(14)20/h3-5,8,11-12H,6-7,9-10H2,1-2H3,(H,22,24). The maximum atomic E-state index is 14.4. The molecule has 0 unspecified atom stereocenters. The highest BCUT2D eigenvalue weighted by Crippen LogP contribution is 2.34. The van der Waals surface area contributed by atoms with Crippen LogP contribution in [0.4, 0.5) is 8.78 Å². The average Bonchev–Trinajstić information content (AvgIpc) is 3.05. The molecule has 1 aromatic heterocycles. The molecule has 2 heterocycles. The van der Waals surface area contributed by atoms with Crippen molar-refractivity contribution < 1.29 is 18.3 Å². The number of carbonyl (C=O) groups is 1. The number of carbonyl (C=O) groups excluding carboxylic acids is 1. The van der Waals surface area contributed by atoms with Crippen LogP contribution in [0.25, 0.3) is 0 Å². The smallest absolute Gasteiger partial charge is 0.270 e. The maximum absolute atomic E-state index is 14.4. The lowest BCUT2D eigenvalue weighted by Gasteiger charge is -2.38. The predicted octanol–water partition coefficient (Wildman–Crippen LogP) is 3.18. The van der Waals surface area contributed by atoms with Crippen molar-refractivity contribution in [2.75, 3.05) is 13.2 Å². The summed E-state index contributed by atoms with van der Waals surface area (Å²) >= 11 is 0. The van der Waals surface area contributed by atoms with Gasteiger partial charge in [-0.1, -0.05) is 6.07 Å². The fourth-order valence-electron chi connectivity index (χ4n) is 3.25. The number of hydrogen-bond donors (Lipinski definition) is 1. The third-order valence-electron chi connectivity index (χ3n) is 4.54. The lowest BCUT2D eigenvalue weighted by molar-refractivity contribution is 0.0330. The van der Waals surface area contributed by atoms with Gasteiger partial charge < -0.3 is 10.1 Å². The molecule has 2 aromatic rings. The van der Waals surface area contributed by atoms with Crippen molar-refractivity contribution in [2.45, 2.75) is 38.3 Å². The van der Waals surface area contributed by atoms with Crippen molar-refractivity contribution in [2.24, 2.45) is 0 Å². The van der Waals surface area contributed by atoms with Gasteiger partial charge in [0.05, 0.1) is 5.54 Å². The number of benzene rings is 1. The molecule has 1 N–H and O–H groups in total. The quantitative estimate of drug-likeness (QED) is 0.922. The van der Waals surface area contributed by atoms with Crippen LogP contribution in [0.1, 0.15) is 48.8 Å². The summed E-state index contributed by atoms with van der Waals surface area (Å²) in [5.74, 6) is -1.65. The topological polar surface area (TPSA) is 56.2 Å². The van der Waals surface area contributed by atoms with E-state index < -0.39 is 17.2 Å². The molecule has 0 atom stereocenters. The minimum Gasteiger partial charge on any atom is -0.381 e. The Hall–Kier alpha value is -2.28. The van der Waals surface area contributed by atoms with Crippen molar-refractivity contribution in [1.29, 1.82) is 0 Å². The van der Waals surface area contributed by atoms with Crippen molar-refractivity contribution in [3.8, 4) is 0 Å². The van der Waals surface area contributed by atoms with Crippen LogP contribution in [-0.4, -0.2) is 28.9 Å². The Bertz CT molecular complexity index is 767. The van der Waals surface area contributed by atoms with Crippen LogP contribution < -0.4 is 5.32 Å². The summed E-state index contributed by atoms with van der Waals surface area (Å²) in [6.45, 7) is 4.63. The largest absolute Gasteiger partial charge is 0.381 e. The van der Waals surface area contributed by atoms with Gasteiger partial charge in [-0.05, 0) is 38.8 Å². The molecule has 5 nitrogen and oxygen atoms in total. The fraction of sp³-hybridized carbons (Fsp3) is 0.444. The molecule has 25 heavy (non-hydrogen) atoms. The van der Waals surface area contributed by atoms with E-state index in [2.05, 4.69) is 10.4 Å². The minimum atomic E-state index is -0.931. The van der Waals surface area contributed by atoms with Gasteiger partial charge >= 0.3 is 0 Å². The van der Waals surface area contributed by atoms with Gasteiger partial charge in [0.25, 0.3) is 5.91 Å². The number of amides is 1. The first-order valence-corrected chi connectivity index (χ1v) is 8.32. The normalized spacial score (nSPS) is 16.8. The van der Waals surface area contributed by atoms with Crippen molar-refractivity contribution in [3.63, 3.8) is 0 Å². The molecule has 0 radical (unpaired) electrons. The Morgan fingerprint density at radius 1 is 1.28 bits per heavy atom. The highest BCUT2D eigenvalue weighted by Gasteiger charge is 2.39. The van der Waals surface area contributed by atoms with Gasteiger partial charge in [-0.3, -0.25) is 9.48 Å². The average molecular weight is 349 g/mol. The van der Waals surface area contributed by atoms with Gasteiger partial charge in [-0.2, -0.15) is 5.10 Å². The van der Waals surface area contributed by atoms with Crippen molar-refractivity contribution in [3.05, 3.63) is 53.4 Å². The van der Waals surface area contributed by atoms with Gasteiger partial charge in [0.15, 0.2) is 0 Å². The first-order chi connectivity index (χ1) is 11.9. The molecule has 1 aliphatic rings. The summed E-state index contributed by atoms with van der Waals surface area (Å²) < 4.78 is 34.7. The van der Waals surface area contributed by atoms with E-state index in [1.807, 2.05) is 13.8 Å². The fourth-order valence-corrected chi connectivity index (χ4v) is 3.25. The van der Waals surface area contributed by atoms with Crippen LogP contribution in [-0.2, 0) is 10.3 Å². The van der Waals surface area contributed by atoms with E-state index in [0.717, 1.165) is 6.07 Å². The zero-order valence-electron chi connectivity index (χ0n) is 14.3. The molecule has 1 fully saturated rings. The van der Waals surface area contributed by atoms with Gasteiger partial charge in [0.2, 0.25) is 0 Å². The maximum Gasteiger partial charge on any atom is 0.270 e. The molecular formula is C18H21F2N3O2. The zero-order valence-corrected chi connectivity index (χ0v) is 14.3. The highest BCUT2D eigenvalue weighted by atomic mass is 19.1. The molecule has 7 heteroatoms. The first kappa shape index (κ1) is 17.5. The number of nitrogens with one attached hydrogen (secondary N) is 1. The second-order valence-corrected chi connectivity index (χ2v) is 6.53. The predicted molar refractivity (Wildman–Crippen MR) is 88.2 cm³/mol. The van der Waals surface area contributed by atoms with E-state index in [1.54, 1.807) is 16.9 Å². The highest BCUT2D eigenvalue weighted by molar-refractivity contribution is 5.93. The van der Waals surface area contributed by atoms with E-state index in [-0.39, 0.29) is 17.5 Å². The Kier molecular flexibility index (Phi) is 4.85. The summed E-state index contributed by atoms with van der Waals surface area (Å²) in [7, 11) is 0. The number of hydrogen-bond acceptors (Lipinski definition) is 3. The third kappa shape index (κ3) is 3.42. The van der Waals surface area contributed by atoms with Gasteiger partial charge in [0, 0.05) is 37.1 Å². The second kappa shape index (κ2) is 6.92. The Balaban J connectivity index is 1.96. The number of nitrogens with zero attached hydrogens (tertiary/aromatic N) is 2. The monoisotopic (exact) mass is 349 g/mol. The van der Waals surface area contributed by atoms with Crippen molar-refractivity contribution in [1.82, 2.24) is 15.1 Å². The zero-order chi connectivity index (χ0) is 18.0. The van der Waals surface area contributed by atoms with Crippen LogP contribution in [0, 0.1) is 11.6 Å². The number of halogens is 2. The molecule has 3 rings (SSSR count). The molecule has 1 aliphatic heterocycles. The summed E-state index contributed by atoms with van der Waals surface area (Å²) in [4.78, 5) is 12.8. The number of rotatable bonds is 4. The Labute approximate surface area is 145 Å². The molecule has 1 amide bonds. The van der Waals surface area contributed by atoms with Gasteiger partial charge in [0.1, 0.15) is 17.3 Å². The molecule has 1 saturated heterocycles. The van der Waals surface area contributed by atoms with Crippen LogP contribution in [0.3, 0.4) is 0 Å². The summed E-state index contributed by atoms with van der Waals surface area (Å²) in [5, 5.41) is 7.13. The van der Waals surface area contributed by atoms with Crippen LogP contribution in [0.5, 0.6) is 0 Å². The molecule has 0 aliphatic carbocycles. The van der Waals surface area contributed by atoms with Gasteiger partial charge in [-0.25, -0.2) is 8.78 Å². The number of aromatic nitrogens is 2.